The zero-order chi connectivity index (χ0) is 21.7. The molecule has 0 saturated carbocycles. The molecule has 1 aliphatic heterocycles. The van der Waals surface area contributed by atoms with E-state index in [0.717, 1.165) is 79.2 Å². The van der Waals surface area contributed by atoms with Crippen molar-refractivity contribution in [3.63, 3.8) is 0 Å². The van der Waals surface area contributed by atoms with Gasteiger partial charge in [0.2, 0.25) is 0 Å². The van der Waals surface area contributed by atoms with E-state index in [1.54, 1.807) is 0 Å². The van der Waals surface area contributed by atoms with E-state index in [1.807, 2.05) is 25.1 Å². The van der Waals surface area contributed by atoms with Gasteiger partial charge in [0.1, 0.15) is 17.7 Å². The number of fused-ring (bicyclic) bond motifs is 4. The fourth-order valence-electron chi connectivity index (χ4n) is 5.41. The number of hydrogen-bond acceptors (Lipinski definition) is 5. The molecule has 6 heteroatoms. The van der Waals surface area contributed by atoms with Gasteiger partial charge in [0.05, 0.1) is 16.6 Å². The Bertz CT molecular complexity index is 1370. The molecule has 0 N–H and O–H groups in total. The molecule has 3 aromatic heterocycles. The maximum Gasteiger partial charge on any atom is 0.157 e. The molecule has 4 heterocycles. The van der Waals surface area contributed by atoms with E-state index in [2.05, 4.69) is 44.5 Å². The minimum Gasteiger partial charge on any atom is -0.354 e. The number of aromatic nitrogens is 3. The topological polar surface area (TPSA) is 60.5 Å². The lowest BCUT2D eigenvalue weighted by atomic mass is 9.88. The van der Waals surface area contributed by atoms with Crippen molar-refractivity contribution in [3.05, 3.63) is 64.8 Å². The van der Waals surface area contributed by atoms with Crippen LogP contribution in [0.25, 0.3) is 16.7 Å². The van der Waals surface area contributed by atoms with Crippen molar-refractivity contribution >= 4 is 28.3 Å². The summed E-state index contributed by atoms with van der Waals surface area (Å²) >= 11 is 0. The van der Waals surface area contributed by atoms with Crippen molar-refractivity contribution in [1.29, 1.82) is 5.26 Å². The Morgan fingerprint density at radius 2 is 1.59 bits per heavy atom. The van der Waals surface area contributed by atoms with Gasteiger partial charge in [0.25, 0.3) is 0 Å². The van der Waals surface area contributed by atoms with Crippen LogP contribution in [0.3, 0.4) is 0 Å². The Labute approximate surface area is 187 Å². The summed E-state index contributed by atoms with van der Waals surface area (Å²) in [5.74, 6) is 2.31. The number of rotatable bonds is 2. The zero-order valence-corrected chi connectivity index (χ0v) is 18.4. The summed E-state index contributed by atoms with van der Waals surface area (Å²) in [6.45, 7) is 5.76. The number of para-hydroxylation sites is 2. The summed E-state index contributed by atoms with van der Waals surface area (Å²) < 4.78 is 2.26. The van der Waals surface area contributed by atoms with Gasteiger partial charge in [-0.3, -0.25) is 4.40 Å². The van der Waals surface area contributed by atoms with Crippen LogP contribution in [-0.2, 0) is 12.8 Å². The SMILES string of the molecule is Cc1cccc(N2CCN(c3c4c(c(C#N)c5nc6ccccc6n35)CCCC4)CC2)n1. The molecule has 32 heavy (non-hydrogen) atoms. The fraction of sp³-hybridized carbons (Fsp3) is 0.346. The molecule has 1 aromatic carbocycles. The third-order valence-corrected chi connectivity index (χ3v) is 6.92. The van der Waals surface area contributed by atoms with E-state index in [4.69, 9.17) is 9.97 Å². The molecule has 0 spiro atoms. The molecule has 0 atom stereocenters. The predicted octanol–water partition coefficient (Wildman–Crippen LogP) is 4.27. The van der Waals surface area contributed by atoms with E-state index in [1.165, 1.54) is 23.4 Å². The van der Waals surface area contributed by atoms with Crippen LogP contribution in [0.5, 0.6) is 0 Å². The van der Waals surface area contributed by atoms with Crippen LogP contribution in [0.4, 0.5) is 11.6 Å². The van der Waals surface area contributed by atoms with Gasteiger partial charge in [0.15, 0.2) is 5.65 Å². The van der Waals surface area contributed by atoms with Gasteiger partial charge in [-0.15, -0.1) is 0 Å². The number of piperazine rings is 1. The van der Waals surface area contributed by atoms with E-state index < -0.39 is 0 Å². The van der Waals surface area contributed by atoms with E-state index >= 15 is 0 Å². The van der Waals surface area contributed by atoms with Crippen LogP contribution >= 0.6 is 0 Å². The molecule has 1 saturated heterocycles. The number of hydrogen-bond donors (Lipinski definition) is 0. The zero-order valence-electron chi connectivity index (χ0n) is 18.4. The van der Waals surface area contributed by atoms with E-state index in [9.17, 15) is 5.26 Å². The first-order valence-electron chi connectivity index (χ1n) is 11.5. The Balaban J connectivity index is 1.48. The van der Waals surface area contributed by atoms with Crippen molar-refractivity contribution < 1.29 is 0 Å². The highest BCUT2D eigenvalue weighted by Gasteiger charge is 2.29. The standard InChI is InChI=1S/C26H26N6/c1-18-7-6-12-24(28-18)30-13-15-31(16-14-30)26-20-9-3-2-8-19(20)21(17-27)25-29-22-10-4-5-11-23(22)32(25)26/h4-7,10-12H,2-3,8-9,13-16H2,1H3. The van der Waals surface area contributed by atoms with Gasteiger partial charge in [-0.1, -0.05) is 18.2 Å². The average molecular weight is 423 g/mol. The van der Waals surface area contributed by atoms with Crippen molar-refractivity contribution in [2.45, 2.75) is 32.6 Å². The highest BCUT2D eigenvalue weighted by Crippen LogP contribution is 2.37. The van der Waals surface area contributed by atoms with E-state index in [0.29, 0.717) is 0 Å². The Morgan fingerprint density at radius 1 is 0.844 bits per heavy atom. The molecule has 4 aromatic rings. The largest absolute Gasteiger partial charge is 0.354 e. The molecule has 0 radical (unpaired) electrons. The summed E-state index contributed by atoms with van der Waals surface area (Å²) in [5.41, 5.74) is 7.25. The lowest BCUT2D eigenvalue weighted by molar-refractivity contribution is 0.624. The molecular formula is C26H26N6. The van der Waals surface area contributed by atoms with Crippen molar-refractivity contribution in [2.24, 2.45) is 0 Å². The summed E-state index contributed by atoms with van der Waals surface area (Å²) in [6.07, 6.45) is 4.32. The van der Waals surface area contributed by atoms with Crippen LogP contribution in [0.1, 0.15) is 35.2 Å². The Morgan fingerprint density at radius 3 is 2.38 bits per heavy atom. The van der Waals surface area contributed by atoms with Gasteiger partial charge in [-0.05, 0) is 68.0 Å². The maximum atomic E-state index is 10.1. The summed E-state index contributed by atoms with van der Waals surface area (Å²) in [4.78, 5) is 14.5. The fourth-order valence-corrected chi connectivity index (χ4v) is 5.41. The second-order valence-corrected chi connectivity index (χ2v) is 8.85. The van der Waals surface area contributed by atoms with Crippen LogP contribution in [0, 0.1) is 18.3 Å². The van der Waals surface area contributed by atoms with Gasteiger partial charge < -0.3 is 9.80 Å². The molecule has 6 rings (SSSR count). The average Bonchev–Trinajstić information content (AvgIpc) is 3.22. The highest BCUT2D eigenvalue weighted by molar-refractivity contribution is 5.86. The summed E-state index contributed by atoms with van der Waals surface area (Å²) in [7, 11) is 0. The first-order valence-corrected chi connectivity index (χ1v) is 11.5. The second kappa shape index (κ2) is 7.52. The lowest BCUT2D eigenvalue weighted by Gasteiger charge is -2.39. The summed E-state index contributed by atoms with van der Waals surface area (Å²) in [6, 6.07) is 17.0. The molecule has 0 amide bonds. The lowest BCUT2D eigenvalue weighted by Crippen LogP contribution is -2.48. The number of benzene rings is 1. The number of nitrogens with zero attached hydrogens (tertiary/aromatic N) is 6. The van der Waals surface area contributed by atoms with Gasteiger partial charge in [-0.2, -0.15) is 5.26 Å². The number of pyridine rings is 2. The predicted molar refractivity (Wildman–Crippen MR) is 127 cm³/mol. The van der Waals surface area contributed by atoms with Crippen LogP contribution in [0.15, 0.2) is 42.5 Å². The smallest absolute Gasteiger partial charge is 0.157 e. The molecule has 2 aliphatic rings. The maximum absolute atomic E-state index is 10.1. The molecule has 1 aliphatic carbocycles. The van der Waals surface area contributed by atoms with Crippen molar-refractivity contribution in [3.8, 4) is 6.07 Å². The van der Waals surface area contributed by atoms with Crippen molar-refractivity contribution in [1.82, 2.24) is 14.4 Å². The highest BCUT2D eigenvalue weighted by atomic mass is 15.3. The second-order valence-electron chi connectivity index (χ2n) is 8.85. The van der Waals surface area contributed by atoms with Gasteiger partial charge in [0, 0.05) is 31.9 Å². The molecule has 6 nitrogen and oxygen atoms in total. The molecular weight excluding hydrogens is 396 g/mol. The molecule has 160 valence electrons. The number of nitriles is 1. The number of anilines is 2. The third kappa shape index (κ3) is 2.92. The first kappa shape index (κ1) is 19.1. The first-order chi connectivity index (χ1) is 15.7. The molecule has 0 bridgehead atoms. The molecule has 1 fully saturated rings. The van der Waals surface area contributed by atoms with Crippen LogP contribution < -0.4 is 9.80 Å². The minimum absolute atomic E-state index is 0.766. The Kier molecular flexibility index (Phi) is 4.50. The number of imidazole rings is 1. The Hall–Kier alpha value is -3.59. The normalized spacial score (nSPS) is 16.4. The quantitative estimate of drug-likeness (QED) is 0.483. The molecule has 0 unspecified atom stereocenters. The van der Waals surface area contributed by atoms with E-state index in [-0.39, 0.29) is 0 Å². The van der Waals surface area contributed by atoms with Gasteiger partial charge in [-0.25, -0.2) is 9.97 Å². The number of aryl methyl sites for hydroxylation is 1. The summed E-state index contributed by atoms with van der Waals surface area (Å²) in [5, 5.41) is 10.1. The monoisotopic (exact) mass is 422 g/mol. The minimum atomic E-state index is 0.766. The third-order valence-electron chi connectivity index (χ3n) is 6.92. The van der Waals surface area contributed by atoms with Crippen LogP contribution in [-0.4, -0.2) is 40.5 Å². The van der Waals surface area contributed by atoms with Crippen LogP contribution in [0.2, 0.25) is 0 Å². The van der Waals surface area contributed by atoms with Crippen molar-refractivity contribution in [2.75, 3.05) is 36.0 Å². The van der Waals surface area contributed by atoms with Gasteiger partial charge >= 0.3 is 0 Å².